The summed E-state index contributed by atoms with van der Waals surface area (Å²) in [5, 5.41) is 11.7. The molecule has 0 bridgehead atoms. The van der Waals surface area contributed by atoms with Gasteiger partial charge in [0, 0.05) is 18.5 Å². The van der Waals surface area contributed by atoms with Gasteiger partial charge in [-0.2, -0.15) is 0 Å². The zero-order chi connectivity index (χ0) is 17.5. The Hall–Kier alpha value is -2.68. The standard InChI is InChI=1S/C17H21NO5/c1-17(2,3)23-16(21)18-10-6-5-7-12-8-9-14(22-4)13(11-12)15(19)20/h8-9,11H,6,10H2,1-4H3,(H,18,21)(H,19,20). The lowest BCUT2D eigenvalue weighted by molar-refractivity contribution is 0.0528. The van der Waals surface area contributed by atoms with Crippen LogP contribution in [0.1, 0.15) is 43.1 Å². The number of alkyl carbamates (subject to hydrolysis) is 1. The molecule has 2 N–H and O–H groups in total. The van der Waals surface area contributed by atoms with Crippen molar-refractivity contribution in [3.63, 3.8) is 0 Å². The summed E-state index contributed by atoms with van der Waals surface area (Å²) in [4.78, 5) is 22.5. The van der Waals surface area contributed by atoms with Crippen LogP contribution in [0.2, 0.25) is 0 Å². The second-order valence-corrected chi connectivity index (χ2v) is 5.70. The molecule has 0 aromatic heterocycles. The molecule has 0 saturated heterocycles. The molecule has 0 aliphatic carbocycles. The molecule has 0 aliphatic heterocycles. The molecule has 6 nitrogen and oxygen atoms in total. The number of ether oxygens (including phenoxy) is 2. The van der Waals surface area contributed by atoms with Gasteiger partial charge in [0.1, 0.15) is 16.9 Å². The highest BCUT2D eigenvalue weighted by Gasteiger charge is 2.15. The SMILES string of the molecule is COc1ccc(C#CCCNC(=O)OC(C)(C)C)cc1C(=O)O. The van der Waals surface area contributed by atoms with E-state index >= 15 is 0 Å². The van der Waals surface area contributed by atoms with Crippen molar-refractivity contribution in [2.45, 2.75) is 32.8 Å². The molecule has 23 heavy (non-hydrogen) atoms. The van der Waals surface area contributed by atoms with E-state index in [2.05, 4.69) is 17.2 Å². The number of amides is 1. The lowest BCUT2D eigenvalue weighted by Crippen LogP contribution is -2.32. The fourth-order valence-electron chi connectivity index (χ4n) is 1.66. The Morgan fingerprint density at radius 2 is 2.00 bits per heavy atom. The Kier molecular flexibility index (Phi) is 6.46. The van der Waals surface area contributed by atoms with E-state index in [1.54, 1.807) is 32.9 Å². The van der Waals surface area contributed by atoms with E-state index in [1.807, 2.05) is 0 Å². The van der Waals surface area contributed by atoms with E-state index in [9.17, 15) is 9.59 Å². The number of benzene rings is 1. The Balaban J connectivity index is 2.56. The van der Waals surface area contributed by atoms with E-state index in [-0.39, 0.29) is 11.3 Å². The third-order valence-electron chi connectivity index (χ3n) is 2.58. The number of carbonyl (C=O) groups is 2. The molecule has 0 unspecified atom stereocenters. The van der Waals surface area contributed by atoms with Crippen molar-refractivity contribution < 1.29 is 24.2 Å². The molecule has 1 aromatic carbocycles. The first-order chi connectivity index (χ1) is 10.7. The highest BCUT2D eigenvalue weighted by molar-refractivity contribution is 5.91. The maximum absolute atomic E-state index is 11.4. The number of carboxylic acids is 1. The van der Waals surface area contributed by atoms with Crippen molar-refractivity contribution in [1.29, 1.82) is 0 Å². The average molecular weight is 319 g/mol. The van der Waals surface area contributed by atoms with Crippen molar-refractivity contribution in [2.24, 2.45) is 0 Å². The summed E-state index contributed by atoms with van der Waals surface area (Å²) in [5.74, 6) is 4.94. The third-order valence-corrected chi connectivity index (χ3v) is 2.58. The minimum atomic E-state index is -1.07. The van der Waals surface area contributed by atoms with Crippen molar-refractivity contribution in [3.05, 3.63) is 29.3 Å². The average Bonchev–Trinajstić information content (AvgIpc) is 2.44. The van der Waals surface area contributed by atoms with Gasteiger partial charge in [0.25, 0.3) is 0 Å². The number of rotatable bonds is 4. The topological polar surface area (TPSA) is 84.9 Å². The zero-order valence-corrected chi connectivity index (χ0v) is 13.7. The minimum Gasteiger partial charge on any atom is -0.496 e. The predicted molar refractivity (Wildman–Crippen MR) is 85.7 cm³/mol. The highest BCUT2D eigenvalue weighted by atomic mass is 16.6. The molecule has 1 aromatic rings. The van der Waals surface area contributed by atoms with Gasteiger partial charge in [0.2, 0.25) is 0 Å². The Bertz CT molecular complexity index is 635. The van der Waals surface area contributed by atoms with Gasteiger partial charge in [0.05, 0.1) is 7.11 Å². The van der Waals surface area contributed by atoms with Crippen molar-refractivity contribution in [1.82, 2.24) is 5.32 Å². The first-order valence-electron chi connectivity index (χ1n) is 7.10. The lowest BCUT2D eigenvalue weighted by atomic mass is 10.1. The number of carboxylic acid groups (broad SMARTS) is 1. The highest BCUT2D eigenvalue weighted by Crippen LogP contribution is 2.19. The molecule has 0 radical (unpaired) electrons. The molecule has 0 aliphatic rings. The number of nitrogens with one attached hydrogen (secondary N) is 1. The summed E-state index contributed by atoms with van der Waals surface area (Å²) in [7, 11) is 1.41. The summed E-state index contributed by atoms with van der Waals surface area (Å²) in [6, 6.07) is 4.70. The van der Waals surface area contributed by atoms with E-state index in [0.29, 0.717) is 18.5 Å². The largest absolute Gasteiger partial charge is 0.496 e. The van der Waals surface area contributed by atoms with E-state index < -0.39 is 17.7 Å². The smallest absolute Gasteiger partial charge is 0.407 e. The van der Waals surface area contributed by atoms with Crippen LogP contribution in [0.4, 0.5) is 4.79 Å². The van der Waals surface area contributed by atoms with Gasteiger partial charge in [-0.25, -0.2) is 9.59 Å². The molecule has 0 saturated carbocycles. The van der Waals surface area contributed by atoms with Crippen LogP contribution >= 0.6 is 0 Å². The van der Waals surface area contributed by atoms with E-state index in [0.717, 1.165) is 0 Å². The van der Waals surface area contributed by atoms with Gasteiger partial charge in [-0.3, -0.25) is 0 Å². The third kappa shape index (κ3) is 6.74. The first kappa shape index (κ1) is 18.4. The monoisotopic (exact) mass is 319 g/mol. The number of hydrogen-bond donors (Lipinski definition) is 2. The predicted octanol–water partition coefficient (Wildman–Crippen LogP) is 2.66. The van der Waals surface area contributed by atoms with Crippen LogP contribution < -0.4 is 10.1 Å². The van der Waals surface area contributed by atoms with Gasteiger partial charge in [-0.05, 0) is 39.0 Å². The summed E-state index contributed by atoms with van der Waals surface area (Å²) < 4.78 is 10.1. The Labute approximate surface area is 135 Å². The summed E-state index contributed by atoms with van der Waals surface area (Å²) >= 11 is 0. The first-order valence-corrected chi connectivity index (χ1v) is 7.10. The number of methoxy groups -OCH3 is 1. The molecule has 0 fully saturated rings. The van der Waals surface area contributed by atoms with Crippen LogP contribution in [-0.2, 0) is 4.74 Å². The van der Waals surface area contributed by atoms with Gasteiger partial charge in [-0.15, -0.1) is 0 Å². The van der Waals surface area contributed by atoms with Crippen molar-refractivity contribution in [2.75, 3.05) is 13.7 Å². The maximum atomic E-state index is 11.4. The maximum Gasteiger partial charge on any atom is 0.407 e. The van der Waals surface area contributed by atoms with Crippen LogP contribution in [0.3, 0.4) is 0 Å². The summed E-state index contributed by atoms with van der Waals surface area (Å²) in [6.45, 7) is 5.71. The Morgan fingerprint density at radius 3 is 2.57 bits per heavy atom. The lowest BCUT2D eigenvalue weighted by Gasteiger charge is -2.19. The second kappa shape index (κ2) is 8.08. The summed E-state index contributed by atoms with van der Waals surface area (Å²) in [6.07, 6.45) is -0.0647. The molecule has 0 heterocycles. The van der Waals surface area contributed by atoms with Gasteiger partial charge in [-0.1, -0.05) is 11.8 Å². The molecular formula is C17H21NO5. The quantitative estimate of drug-likeness (QED) is 0.658. The molecule has 6 heteroatoms. The number of carbonyl (C=O) groups excluding carboxylic acids is 1. The number of aromatic carboxylic acids is 1. The fourth-order valence-corrected chi connectivity index (χ4v) is 1.66. The molecule has 1 amide bonds. The second-order valence-electron chi connectivity index (χ2n) is 5.70. The van der Waals surface area contributed by atoms with Crippen LogP contribution in [0.15, 0.2) is 18.2 Å². The normalized spacial score (nSPS) is 10.3. The molecule has 0 atom stereocenters. The van der Waals surface area contributed by atoms with Gasteiger partial charge in [0.15, 0.2) is 0 Å². The molecule has 124 valence electrons. The van der Waals surface area contributed by atoms with E-state index in [1.165, 1.54) is 13.2 Å². The zero-order valence-electron chi connectivity index (χ0n) is 13.7. The molecule has 1 rings (SSSR count). The van der Waals surface area contributed by atoms with Crippen LogP contribution in [0, 0.1) is 11.8 Å². The van der Waals surface area contributed by atoms with E-state index in [4.69, 9.17) is 14.6 Å². The fraction of sp³-hybridized carbons (Fsp3) is 0.412. The number of hydrogen-bond acceptors (Lipinski definition) is 4. The van der Waals surface area contributed by atoms with Gasteiger partial charge < -0.3 is 19.9 Å². The van der Waals surface area contributed by atoms with Crippen molar-refractivity contribution in [3.8, 4) is 17.6 Å². The van der Waals surface area contributed by atoms with Crippen LogP contribution in [0.25, 0.3) is 0 Å². The van der Waals surface area contributed by atoms with Crippen LogP contribution in [-0.4, -0.2) is 36.4 Å². The van der Waals surface area contributed by atoms with Gasteiger partial charge >= 0.3 is 12.1 Å². The summed E-state index contributed by atoms with van der Waals surface area (Å²) in [5.41, 5.74) is 0.0955. The molecule has 0 spiro atoms. The van der Waals surface area contributed by atoms with Crippen LogP contribution in [0.5, 0.6) is 5.75 Å². The molecular weight excluding hydrogens is 298 g/mol. The Morgan fingerprint density at radius 1 is 1.30 bits per heavy atom. The minimum absolute atomic E-state index is 0.0613. The van der Waals surface area contributed by atoms with Crippen molar-refractivity contribution >= 4 is 12.1 Å².